The number of aromatic nitrogens is 2. The predicted molar refractivity (Wildman–Crippen MR) is 128 cm³/mol. The number of carbonyl (C=O) groups is 2. The molecule has 2 aromatic carbocycles. The molecule has 0 radical (unpaired) electrons. The van der Waals surface area contributed by atoms with Crippen molar-refractivity contribution in [2.75, 3.05) is 6.54 Å². The Hall–Kier alpha value is -3.16. The summed E-state index contributed by atoms with van der Waals surface area (Å²) < 4.78 is 1.92. The van der Waals surface area contributed by atoms with Crippen LogP contribution in [0.2, 0.25) is 5.02 Å². The quantitative estimate of drug-likeness (QED) is 0.411. The van der Waals surface area contributed by atoms with Crippen molar-refractivity contribution in [1.29, 1.82) is 0 Å². The highest BCUT2D eigenvalue weighted by Gasteiger charge is 2.22. The van der Waals surface area contributed by atoms with Crippen LogP contribution in [-0.2, 0) is 17.9 Å². The van der Waals surface area contributed by atoms with Crippen LogP contribution in [0.25, 0.3) is 10.2 Å². The van der Waals surface area contributed by atoms with Gasteiger partial charge in [-0.1, -0.05) is 54.1 Å². The van der Waals surface area contributed by atoms with Gasteiger partial charge >= 0.3 is 0 Å². The molecule has 0 saturated carbocycles. The topological polar surface area (TPSA) is 81.2 Å². The van der Waals surface area contributed by atoms with E-state index in [2.05, 4.69) is 5.10 Å². The molecule has 0 spiro atoms. The largest absolute Gasteiger partial charge is 0.370 e. The molecular formula is C24H23ClN4O2S. The zero-order valence-corrected chi connectivity index (χ0v) is 19.2. The van der Waals surface area contributed by atoms with E-state index in [0.717, 1.165) is 27.0 Å². The van der Waals surface area contributed by atoms with Gasteiger partial charge in [-0.2, -0.15) is 5.10 Å². The Bertz CT molecular complexity index is 1250. The first kappa shape index (κ1) is 22.0. The molecule has 8 heteroatoms. The molecular weight excluding hydrogens is 444 g/mol. The van der Waals surface area contributed by atoms with Crippen LogP contribution in [0.3, 0.4) is 0 Å². The minimum absolute atomic E-state index is 0.117. The third kappa shape index (κ3) is 5.00. The Morgan fingerprint density at radius 1 is 1.09 bits per heavy atom. The number of thiophene rings is 1. The number of nitrogens with zero attached hydrogens (tertiary/aromatic N) is 3. The number of amides is 2. The maximum Gasteiger partial charge on any atom is 0.264 e. The second kappa shape index (κ2) is 9.54. The summed E-state index contributed by atoms with van der Waals surface area (Å²) in [5, 5.41) is 6.30. The Kier molecular flexibility index (Phi) is 6.58. The highest BCUT2D eigenvalue weighted by Crippen LogP contribution is 2.30. The molecule has 0 atom stereocenters. The third-order valence-corrected chi connectivity index (χ3v) is 6.58. The van der Waals surface area contributed by atoms with Gasteiger partial charge in [0, 0.05) is 29.9 Å². The molecule has 164 valence electrons. The molecule has 4 rings (SSSR count). The smallest absolute Gasteiger partial charge is 0.264 e. The molecule has 2 heterocycles. The highest BCUT2D eigenvalue weighted by molar-refractivity contribution is 7.20. The van der Waals surface area contributed by atoms with E-state index in [9.17, 15) is 9.59 Å². The second-order valence-electron chi connectivity index (χ2n) is 7.63. The Morgan fingerprint density at radius 2 is 1.81 bits per heavy atom. The van der Waals surface area contributed by atoms with Gasteiger partial charge in [0.15, 0.2) is 0 Å². The average Bonchev–Trinajstić information content (AvgIpc) is 3.34. The van der Waals surface area contributed by atoms with Crippen LogP contribution in [0, 0.1) is 6.92 Å². The van der Waals surface area contributed by atoms with E-state index in [-0.39, 0.29) is 18.9 Å². The van der Waals surface area contributed by atoms with Crippen LogP contribution in [0.1, 0.15) is 32.9 Å². The molecule has 0 aliphatic heterocycles. The van der Waals surface area contributed by atoms with E-state index < -0.39 is 5.91 Å². The van der Waals surface area contributed by atoms with E-state index in [1.165, 1.54) is 11.3 Å². The first-order chi connectivity index (χ1) is 15.4. The summed E-state index contributed by atoms with van der Waals surface area (Å²) in [6.07, 6.45) is 0.118. The van der Waals surface area contributed by atoms with Crippen LogP contribution >= 0.6 is 22.9 Å². The van der Waals surface area contributed by atoms with E-state index >= 15 is 0 Å². The number of halogens is 1. The van der Waals surface area contributed by atoms with Crippen LogP contribution in [0.4, 0.5) is 0 Å². The maximum absolute atomic E-state index is 13.4. The van der Waals surface area contributed by atoms with E-state index in [1.54, 1.807) is 4.90 Å². The van der Waals surface area contributed by atoms with Gasteiger partial charge in [0.25, 0.3) is 5.91 Å². The lowest BCUT2D eigenvalue weighted by atomic mass is 10.2. The number of hydrogen-bond donors (Lipinski definition) is 1. The Morgan fingerprint density at radius 3 is 2.50 bits per heavy atom. The summed E-state index contributed by atoms with van der Waals surface area (Å²) in [4.78, 5) is 28.0. The van der Waals surface area contributed by atoms with E-state index in [1.807, 2.05) is 72.3 Å². The first-order valence-electron chi connectivity index (χ1n) is 10.2. The fraction of sp³-hybridized carbons (Fsp3) is 0.208. The summed E-state index contributed by atoms with van der Waals surface area (Å²) in [5.41, 5.74) is 8.29. The average molecular weight is 467 g/mol. The lowest BCUT2D eigenvalue weighted by molar-refractivity contribution is -0.118. The SMILES string of the molecule is Cc1nn(Cc2ccc(Cl)cc2)c2sc(C(=O)N(CCC(N)=O)Cc3ccccc3)cc12. The zero-order valence-electron chi connectivity index (χ0n) is 17.6. The lowest BCUT2D eigenvalue weighted by Gasteiger charge is -2.21. The molecule has 0 fully saturated rings. The number of primary amides is 1. The Labute approximate surface area is 195 Å². The second-order valence-corrected chi connectivity index (χ2v) is 9.09. The minimum Gasteiger partial charge on any atom is -0.370 e. The highest BCUT2D eigenvalue weighted by atomic mass is 35.5. The molecule has 2 N–H and O–H groups in total. The van der Waals surface area contributed by atoms with Crippen molar-refractivity contribution in [1.82, 2.24) is 14.7 Å². The van der Waals surface area contributed by atoms with Crippen molar-refractivity contribution in [2.45, 2.75) is 26.4 Å². The van der Waals surface area contributed by atoms with Crippen molar-refractivity contribution in [3.63, 3.8) is 0 Å². The molecule has 32 heavy (non-hydrogen) atoms. The zero-order chi connectivity index (χ0) is 22.7. The van der Waals surface area contributed by atoms with Gasteiger partial charge in [0.1, 0.15) is 4.83 Å². The third-order valence-electron chi connectivity index (χ3n) is 5.20. The standard InChI is InChI=1S/C24H23ClN4O2S/c1-16-20-13-21(32-24(20)29(27-16)15-18-7-9-19(25)10-8-18)23(31)28(12-11-22(26)30)14-17-5-3-2-4-6-17/h2-10,13H,11-12,14-15H2,1H3,(H2,26,30). The van der Waals surface area contributed by atoms with Gasteiger partial charge in [-0.25, -0.2) is 0 Å². The molecule has 0 bridgehead atoms. The monoisotopic (exact) mass is 466 g/mol. The van der Waals surface area contributed by atoms with Crippen LogP contribution in [0.5, 0.6) is 0 Å². The van der Waals surface area contributed by atoms with Crippen LogP contribution in [-0.4, -0.2) is 33.0 Å². The van der Waals surface area contributed by atoms with Crippen LogP contribution < -0.4 is 5.73 Å². The molecule has 2 aromatic heterocycles. The van der Waals surface area contributed by atoms with Gasteiger partial charge in [-0.15, -0.1) is 11.3 Å². The molecule has 0 saturated heterocycles. The number of benzene rings is 2. The van der Waals surface area contributed by atoms with Gasteiger partial charge < -0.3 is 10.6 Å². The molecule has 4 aromatic rings. The van der Waals surface area contributed by atoms with Crippen LogP contribution in [0.15, 0.2) is 60.7 Å². The molecule has 0 unspecified atom stereocenters. The van der Waals surface area contributed by atoms with Gasteiger partial charge in [0.05, 0.1) is 17.1 Å². The van der Waals surface area contributed by atoms with Crippen molar-refractivity contribution in [2.24, 2.45) is 5.73 Å². The molecule has 6 nitrogen and oxygen atoms in total. The normalized spacial score (nSPS) is 11.1. The van der Waals surface area contributed by atoms with Crippen molar-refractivity contribution in [3.05, 3.63) is 87.4 Å². The lowest BCUT2D eigenvalue weighted by Crippen LogP contribution is -2.33. The molecule has 0 aliphatic carbocycles. The van der Waals surface area contributed by atoms with Crippen molar-refractivity contribution >= 4 is 45.0 Å². The van der Waals surface area contributed by atoms with E-state index in [4.69, 9.17) is 17.3 Å². The number of rotatable bonds is 8. The summed E-state index contributed by atoms with van der Waals surface area (Å²) in [7, 11) is 0. The number of hydrogen-bond acceptors (Lipinski definition) is 4. The van der Waals surface area contributed by atoms with Crippen molar-refractivity contribution < 1.29 is 9.59 Å². The number of aryl methyl sites for hydroxylation is 1. The van der Waals surface area contributed by atoms with Gasteiger partial charge in [-0.05, 0) is 36.2 Å². The van der Waals surface area contributed by atoms with Gasteiger partial charge in [-0.3, -0.25) is 14.3 Å². The van der Waals surface area contributed by atoms with Crippen molar-refractivity contribution in [3.8, 4) is 0 Å². The number of carbonyl (C=O) groups excluding carboxylic acids is 2. The Balaban J connectivity index is 1.62. The summed E-state index contributed by atoms with van der Waals surface area (Å²) in [5.74, 6) is -0.546. The minimum atomic E-state index is -0.429. The summed E-state index contributed by atoms with van der Waals surface area (Å²) in [6, 6.07) is 19.3. The molecule has 2 amide bonds. The number of nitrogens with two attached hydrogens (primary N) is 1. The van der Waals surface area contributed by atoms with E-state index in [0.29, 0.717) is 23.0 Å². The maximum atomic E-state index is 13.4. The summed E-state index contributed by atoms with van der Waals surface area (Å²) >= 11 is 7.41. The number of fused-ring (bicyclic) bond motifs is 1. The molecule has 0 aliphatic rings. The first-order valence-corrected chi connectivity index (χ1v) is 11.4. The predicted octanol–water partition coefficient (Wildman–Crippen LogP) is 4.63. The van der Waals surface area contributed by atoms with Gasteiger partial charge in [0.2, 0.25) is 5.91 Å². The summed E-state index contributed by atoms with van der Waals surface area (Å²) in [6.45, 7) is 3.21. The fourth-order valence-corrected chi connectivity index (χ4v) is 4.80. The fourth-order valence-electron chi connectivity index (χ4n) is 3.55.